The number of hydrogen-bond donors (Lipinski definition) is 2. The first-order valence-corrected chi connectivity index (χ1v) is 5.57. The Hall–Kier alpha value is -1.16. The van der Waals surface area contributed by atoms with E-state index in [2.05, 4.69) is 15.3 Å². The van der Waals surface area contributed by atoms with E-state index in [0.29, 0.717) is 6.04 Å². The molecule has 2 rings (SSSR count). The van der Waals surface area contributed by atoms with Crippen LogP contribution in [0.25, 0.3) is 0 Å². The minimum absolute atomic E-state index is 0.250. The average molecular weight is 206 g/mol. The summed E-state index contributed by atoms with van der Waals surface area (Å²) in [7, 11) is 0. The Balaban J connectivity index is 2.04. The molecule has 3 N–H and O–H groups in total. The lowest BCUT2D eigenvalue weighted by Gasteiger charge is -2.29. The molecule has 1 fully saturated rings. The van der Waals surface area contributed by atoms with E-state index >= 15 is 0 Å². The van der Waals surface area contributed by atoms with Gasteiger partial charge in [-0.2, -0.15) is 0 Å². The maximum absolute atomic E-state index is 6.07. The summed E-state index contributed by atoms with van der Waals surface area (Å²) >= 11 is 0. The predicted molar refractivity (Wildman–Crippen MR) is 60.6 cm³/mol. The zero-order valence-corrected chi connectivity index (χ0v) is 9.11. The molecule has 1 aliphatic carbocycles. The fourth-order valence-corrected chi connectivity index (χ4v) is 2.06. The molecule has 0 aliphatic heterocycles. The van der Waals surface area contributed by atoms with Crippen LogP contribution < -0.4 is 11.1 Å². The number of nitrogens with zero attached hydrogens (tertiary/aromatic N) is 2. The molecule has 1 saturated carbocycles. The first kappa shape index (κ1) is 10.4. The van der Waals surface area contributed by atoms with E-state index in [0.717, 1.165) is 24.4 Å². The molecule has 4 nitrogen and oxygen atoms in total. The summed E-state index contributed by atoms with van der Waals surface area (Å²) in [5.74, 6) is 0.875. The molecular weight excluding hydrogens is 188 g/mol. The van der Waals surface area contributed by atoms with Gasteiger partial charge in [0.2, 0.25) is 0 Å². The standard InChI is InChI=1S/C11H18N4/c1-8-11(14-7-6-13-8)15-10-5-3-2-4-9(10)12/h6-7,9-10H,2-5,12H2,1H3,(H,14,15)/t9-,10+/m0/s1. The first-order chi connectivity index (χ1) is 7.27. The highest BCUT2D eigenvalue weighted by molar-refractivity contribution is 5.39. The predicted octanol–water partition coefficient (Wildman–Crippen LogP) is 1.47. The molecule has 0 amide bonds. The summed E-state index contributed by atoms with van der Waals surface area (Å²) in [6.07, 6.45) is 8.17. The van der Waals surface area contributed by atoms with E-state index in [4.69, 9.17) is 5.73 Å². The zero-order chi connectivity index (χ0) is 10.7. The van der Waals surface area contributed by atoms with Crippen LogP contribution in [0.2, 0.25) is 0 Å². The lowest BCUT2D eigenvalue weighted by molar-refractivity contribution is 0.403. The maximum Gasteiger partial charge on any atom is 0.147 e. The number of nitrogens with one attached hydrogen (secondary N) is 1. The van der Waals surface area contributed by atoms with Gasteiger partial charge < -0.3 is 11.1 Å². The van der Waals surface area contributed by atoms with Crippen LogP contribution >= 0.6 is 0 Å². The summed E-state index contributed by atoms with van der Waals surface area (Å²) in [5.41, 5.74) is 7.01. The second-order valence-electron chi connectivity index (χ2n) is 4.19. The van der Waals surface area contributed by atoms with Gasteiger partial charge in [0.1, 0.15) is 5.82 Å². The van der Waals surface area contributed by atoms with Crippen LogP contribution in [0.15, 0.2) is 12.4 Å². The molecule has 0 aromatic carbocycles. The quantitative estimate of drug-likeness (QED) is 0.769. The van der Waals surface area contributed by atoms with Crippen LogP contribution in [0.3, 0.4) is 0 Å². The lowest BCUT2D eigenvalue weighted by Crippen LogP contribution is -2.42. The fraction of sp³-hybridized carbons (Fsp3) is 0.636. The molecule has 0 unspecified atom stereocenters. The molecule has 1 aromatic heterocycles. The van der Waals surface area contributed by atoms with E-state index in [-0.39, 0.29) is 6.04 Å². The number of anilines is 1. The Kier molecular flexibility index (Phi) is 3.16. The van der Waals surface area contributed by atoms with Crippen LogP contribution in [-0.4, -0.2) is 22.1 Å². The lowest BCUT2D eigenvalue weighted by atomic mass is 9.91. The van der Waals surface area contributed by atoms with Gasteiger partial charge in [-0.1, -0.05) is 12.8 Å². The van der Waals surface area contributed by atoms with Crippen molar-refractivity contribution in [3.05, 3.63) is 18.1 Å². The number of rotatable bonds is 2. The molecule has 0 bridgehead atoms. The van der Waals surface area contributed by atoms with E-state index in [9.17, 15) is 0 Å². The molecule has 2 atom stereocenters. The van der Waals surface area contributed by atoms with Crippen molar-refractivity contribution in [3.63, 3.8) is 0 Å². The smallest absolute Gasteiger partial charge is 0.147 e. The molecule has 0 spiro atoms. The van der Waals surface area contributed by atoms with Crippen molar-refractivity contribution >= 4 is 5.82 Å². The van der Waals surface area contributed by atoms with Gasteiger partial charge in [-0.15, -0.1) is 0 Å². The molecule has 1 heterocycles. The number of nitrogens with two attached hydrogens (primary N) is 1. The number of aromatic nitrogens is 2. The third-order valence-electron chi connectivity index (χ3n) is 3.02. The van der Waals surface area contributed by atoms with Crippen LogP contribution in [0.1, 0.15) is 31.4 Å². The van der Waals surface area contributed by atoms with Crippen molar-refractivity contribution in [2.75, 3.05) is 5.32 Å². The second kappa shape index (κ2) is 4.57. The van der Waals surface area contributed by atoms with Crippen LogP contribution in [0.4, 0.5) is 5.82 Å². The SMILES string of the molecule is Cc1nccnc1N[C@@H]1CCCC[C@@H]1N. The van der Waals surface area contributed by atoms with Crippen molar-refractivity contribution in [1.82, 2.24) is 9.97 Å². The maximum atomic E-state index is 6.07. The molecule has 4 heteroatoms. The number of hydrogen-bond acceptors (Lipinski definition) is 4. The van der Waals surface area contributed by atoms with Crippen LogP contribution in [-0.2, 0) is 0 Å². The zero-order valence-electron chi connectivity index (χ0n) is 9.11. The van der Waals surface area contributed by atoms with Gasteiger partial charge in [-0.05, 0) is 19.8 Å². The second-order valence-corrected chi connectivity index (χ2v) is 4.19. The van der Waals surface area contributed by atoms with Gasteiger partial charge in [0, 0.05) is 24.5 Å². The monoisotopic (exact) mass is 206 g/mol. The Labute approximate surface area is 90.3 Å². The average Bonchev–Trinajstić information content (AvgIpc) is 2.24. The molecule has 1 aromatic rings. The largest absolute Gasteiger partial charge is 0.364 e. The molecule has 0 saturated heterocycles. The molecule has 82 valence electrons. The van der Waals surface area contributed by atoms with Gasteiger partial charge in [0.25, 0.3) is 0 Å². The van der Waals surface area contributed by atoms with E-state index in [1.165, 1.54) is 12.8 Å². The van der Waals surface area contributed by atoms with Crippen molar-refractivity contribution in [2.45, 2.75) is 44.7 Å². The highest BCUT2D eigenvalue weighted by Gasteiger charge is 2.22. The van der Waals surface area contributed by atoms with Crippen molar-refractivity contribution in [1.29, 1.82) is 0 Å². The van der Waals surface area contributed by atoms with Crippen molar-refractivity contribution in [2.24, 2.45) is 5.73 Å². The summed E-state index contributed by atoms with van der Waals surface area (Å²) < 4.78 is 0. The molecule has 1 aliphatic rings. The van der Waals surface area contributed by atoms with Crippen LogP contribution in [0.5, 0.6) is 0 Å². The Bertz CT molecular complexity index is 326. The van der Waals surface area contributed by atoms with Gasteiger partial charge >= 0.3 is 0 Å². The summed E-state index contributed by atoms with van der Waals surface area (Å²) in [6, 6.07) is 0.606. The highest BCUT2D eigenvalue weighted by atomic mass is 15.1. The minimum Gasteiger partial charge on any atom is -0.364 e. The highest BCUT2D eigenvalue weighted by Crippen LogP contribution is 2.20. The van der Waals surface area contributed by atoms with E-state index in [1.807, 2.05) is 6.92 Å². The van der Waals surface area contributed by atoms with E-state index < -0.39 is 0 Å². The molecule has 15 heavy (non-hydrogen) atoms. The van der Waals surface area contributed by atoms with Gasteiger partial charge in [0.05, 0.1) is 5.69 Å². The topological polar surface area (TPSA) is 63.8 Å². The third-order valence-corrected chi connectivity index (χ3v) is 3.02. The molecular formula is C11H18N4. The van der Waals surface area contributed by atoms with Crippen molar-refractivity contribution < 1.29 is 0 Å². The van der Waals surface area contributed by atoms with E-state index in [1.54, 1.807) is 12.4 Å². The van der Waals surface area contributed by atoms with Gasteiger partial charge in [-0.3, -0.25) is 4.98 Å². The molecule has 0 radical (unpaired) electrons. The third kappa shape index (κ3) is 2.45. The normalized spacial score (nSPS) is 26.3. The Morgan fingerprint density at radius 3 is 2.73 bits per heavy atom. The Morgan fingerprint density at radius 2 is 2.00 bits per heavy atom. The van der Waals surface area contributed by atoms with Gasteiger partial charge in [0.15, 0.2) is 0 Å². The van der Waals surface area contributed by atoms with Crippen LogP contribution in [0, 0.1) is 6.92 Å². The van der Waals surface area contributed by atoms with Gasteiger partial charge in [-0.25, -0.2) is 4.98 Å². The van der Waals surface area contributed by atoms with Crippen molar-refractivity contribution in [3.8, 4) is 0 Å². The Morgan fingerprint density at radius 1 is 1.27 bits per heavy atom. The summed E-state index contributed by atoms with van der Waals surface area (Å²) in [6.45, 7) is 1.96. The first-order valence-electron chi connectivity index (χ1n) is 5.57. The fourth-order valence-electron chi connectivity index (χ4n) is 2.06. The summed E-state index contributed by atoms with van der Waals surface area (Å²) in [5, 5.41) is 3.40. The summed E-state index contributed by atoms with van der Waals surface area (Å²) in [4.78, 5) is 8.48. The number of aryl methyl sites for hydroxylation is 1. The minimum atomic E-state index is 0.250.